The van der Waals surface area contributed by atoms with E-state index < -0.39 is 0 Å². The Morgan fingerprint density at radius 1 is 1.00 bits per heavy atom. The third-order valence-corrected chi connectivity index (χ3v) is 8.21. The number of thioether (sulfide) groups is 1. The van der Waals surface area contributed by atoms with Crippen LogP contribution in [0.4, 0.5) is 0 Å². The van der Waals surface area contributed by atoms with Crippen LogP contribution in [-0.2, 0) is 11.3 Å². The van der Waals surface area contributed by atoms with Crippen molar-refractivity contribution in [3.05, 3.63) is 93.3 Å². The predicted molar refractivity (Wildman–Crippen MR) is 169 cm³/mol. The standard InChI is InChI=1S/C32H34ClNO4S2/c1-4-22(3)25-12-14-26(15-13-25)37-16-9-17-38-30-27(33)18-24(19-28(30)36-5-2)20-29-31(35)34(32(39)40-29)21-23-10-7-6-8-11-23/h6-8,10-15,18-20,22H,4-5,9,16-17,21H2,1-3H3/b29-20-. The van der Waals surface area contributed by atoms with Gasteiger partial charge < -0.3 is 14.2 Å². The number of nitrogens with zero attached hydrogens (tertiary/aromatic N) is 1. The van der Waals surface area contributed by atoms with Gasteiger partial charge in [-0.2, -0.15) is 0 Å². The van der Waals surface area contributed by atoms with Crippen LogP contribution >= 0.6 is 35.6 Å². The van der Waals surface area contributed by atoms with Gasteiger partial charge >= 0.3 is 0 Å². The first-order valence-corrected chi connectivity index (χ1v) is 15.1. The van der Waals surface area contributed by atoms with Gasteiger partial charge in [-0.3, -0.25) is 9.69 Å². The zero-order chi connectivity index (χ0) is 28.5. The first kappa shape index (κ1) is 30.0. The zero-order valence-electron chi connectivity index (χ0n) is 23.0. The molecule has 1 aliphatic rings. The largest absolute Gasteiger partial charge is 0.493 e. The van der Waals surface area contributed by atoms with E-state index in [0.29, 0.717) is 64.5 Å². The molecular weight excluding hydrogens is 562 g/mol. The lowest BCUT2D eigenvalue weighted by atomic mass is 9.99. The summed E-state index contributed by atoms with van der Waals surface area (Å²) in [5.41, 5.74) is 3.08. The quantitative estimate of drug-likeness (QED) is 0.112. The third kappa shape index (κ3) is 7.80. The summed E-state index contributed by atoms with van der Waals surface area (Å²) in [5.74, 6) is 2.28. The molecule has 0 radical (unpaired) electrons. The van der Waals surface area contributed by atoms with Crippen molar-refractivity contribution < 1.29 is 19.0 Å². The highest BCUT2D eigenvalue weighted by Crippen LogP contribution is 2.39. The minimum atomic E-state index is -0.122. The van der Waals surface area contributed by atoms with E-state index in [9.17, 15) is 4.79 Å². The van der Waals surface area contributed by atoms with E-state index in [-0.39, 0.29) is 5.91 Å². The molecule has 4 rings (SSSR count). The van der Waals surface area contributed by atoms with Gasteiger partial charge in [0.1, 0.15) is 10.1 Å². The molecule has 210 valence electrons. The molecule has 1 heterocycles. The Morgan fingerprint density at radius 2 is 1.73 bits per heavy atom. The Morgan fingerprint density at radius 3 is 2.42 bits per heavy atom. The topological polar surface area (TPSA) is 48.0 Å². The SMILES string of the molecule is CCOc1cc(/C=C2\SC(=S)N(Cc3ccccc3)C2=O)cc(Cl)c1OCCCOc1ccc(C(C)CC)cc1. The van der Waals surface area contributed by atoms with Crippen molar-refractivity contribution in [3.8, 4) is 17.2 Å². The zero-order valence-corrected chi connectivity index (χ0v) is 25.4. The molecule has 1 amide bonds. The molecule has 1 atom stereocenters. The summed E-state index contributed by atoms with van der Waals surface area (Å²) in [6, 6.07) is 21.7. The van der Waals surface area contributed by atoms with Crippen LogP contribution in [0.5, 0.6) is 17.2 Å². The molecule has 3 aromatic carbocycles. The maximum atomic E-state index is 13.1. The van der Waals surface area contributed by atoms with Crippen LogP contribution in [0.15, 0.2) is 71.6 Å². The molecule has 3 aromatic rings. The number of amides is 1. The number of halogens is 1. The van der Waals surface area contributed by atoms with E-state index in [1.807, 2.05) is 55.5 Å². The van der Waals surface area contributed by atoms with Gasteiger partial charge in [0.05, 0.1) is 36.3 Å². The van der Waals surface area contributed by atoms with E-state index in [1.54, 1.807) is 17.0 Å². The van der Waals surface area contributed by atoms with Crippen LogP contribution in [-0.4, -0.2) is 34.9 Å². The van der Waals surface area contributed by atoms with E-state index >= 15 is 0 Å². The summed E-state index contributed by atoms with van der Waals surface area (Å²) in [7, 11) is 0. The Labute approximate surface area is 251 Å². The van der Waals surface area contributed by atoms with Crippen molar-refractivity contribution in [1.29, 1.82) is 0 Å². The molecule has 0 bridgehead atoms. The molecule has 1 aliphatic heterocycles. The number of rotatable bonds is 13. The van der Waals surface area contributed by atoms with Gasteiger partial charge in [0, 0.05) is 6.42 Å². The molecule has 1 unspecified atom stereocenters. The third-order valence-electron chi connectivity index (χ3n) is 6.55. The van der Waals surface area contributed by atoms with E-state index in [0.717, 1.165) is 23.3 Å². The Balaban J connectivity index is 1.37. The van der Waals surface area contributed by atoms with Crippen molar-refractivity contribution >= 4 is 51.9 Å². The highest BCUT2D eigenvalue weighted by Gasteiger charge is 2.32. The molecule has 0 saturated carbocycles. The minimum Gasteiger partial charge on any atom is -0.493 e. The number of ether oxygens (including phenoxy) is 3. The van der Waals surface area contributed by atoms with Crippen molar-refractivity contribution in [3.63, 3.8) is 0 Å². The number of hydrogen-bond acceptors (Lipinski definition) is 6. The Hall–Kier alpha value is -3.00. The summed E-state index contributed by atoms with van der Waals surface area (Å²) in [4.78, 5) is 15.3. The van der Waals surface area contributed by atoms with Gasteiger partial charge in [0.2, 0.25) is 0 Å². The number of carbonyl (C=O) groups excluding carboxylic acids is 1. The second kappa shape index (κ2) is 14.6. The van der Waals surface area contributed by atoms with Crippen LogP contribution in [0.2, 0.25) is 5.02 Å². The van der Waals surface area contributed by atoms with Gasteiger partial charge in [0.15, 0.2) is 11.5 Å². The van der Waals surface area contributed by atoms with Crippen molar-refractivity contribution in [2.24, 2.45) is 0 Å². The monoisotopic (exact) mass is 595 g/mol. The second-order valence-corrected chi connectivity index (χ2v) is 11.5. The number of thiocarbonyl (C=S) groups is 1. The van der Waals surface area contributed by atoms with Crippen LogP contribution in [0.25, 0.3) is 6.08 Å². The highest BCUT2D eigenvalue weighted by molar-refractivity contribution is 8.26. The molecule has 8 heteroatoms. The fourth-order valence-electron chi connectivity index (χ4n) is 4.18. The maximum Gasteiger partial charge on any atom is 0.266 e. The number of benzene rings is 3. The summed E-state index contributed by atoms with van der Waals surface area (Å²) < 4.78 is 18.3. The van der Waals surface area contributed by atoms with Crippen molar-refractivity contribution in [2.45, 2.75) is 46.1 Å². The van der Waals surface area contributed by atoms with Gasteiger partial charge in [-0.05, 0) is 66.3 Å². The molecule has 0 N–H and O–H groups in total. The summed E-state index contributed by atoms with van der Waals surface area (Å²) in [5, 5.41) is 0.415. The average molecular weight is 596 g/mol. The molecule has 5 nitrogen and oxygen atoms in total. The van der Waals surface area contributed by atoms with Gasteiger partial charge in [-0.1, -0.05) is 91.9 Å². The molecule has 0 aliphatic carbocycles. The van der Waals surface area contributed by atoms with Gasteiger partial charge in [0.25, 0.3) is 5.91 Å². The smallest absolute Gasteiger partial charge is 0.266 e. The lowest BCUT2D eigenvalue weighted by Gasteiger charge is -2.15. The Bertz CT molecular complexity index is 1350. The summed E-state index contributed by atoms with van der Waals surface area (Å²) >= 11 is 13.4. The second-order valence-electron chi connectivity index (χ2n) is 9.45. The van der Waals surface area contributed by atoms with E-state index in [4.69, 9.17) is 38.0 Å². The van der Waals surface area contributed by atoms with Crippen molar-refractivity contribution in [2.75, 3.05) is 19.8 Å². The maximum absolute atomic E-state index is 13.1. The molecule has 0 spiro atoms. The molecule has 1 saturated heterocycles. The lowest BCUT2D eigenvalue weighted by Crippen LogP contribution is -2.27. The van der Waals surface area contributed by atoms with E-state index in [1.165, 1.54) is 17.3 Å². The lowest BCUT2D eigenvalue weighted by molar-refractivity contribution is -0.122. The van der Waals surface area contributed by atoms with Crippen molar-refractivity contribution in [1.82, 2.24) is 4.90 Å². The average Bonchev–Trinajstić information content (AvgIpc) is 3.21. The molecule has 1 fully saturated rings. The number of hydrogen-bond donors (Lipinski definition) is 0. The number of carbonyl (C=O) groups is 1. The molecule has 0 aromatic heterocycles. The van der Waals surface area contributed by atoms with E-state index in [2.05, 4.69) is 26.0 Å². The normalized spacial score (nSPS) is 15.0. The molecule has 40 heavy (non-hydrogen) atoms. The Kier molecular flexibility index (Phi) is 10.9. The first-order valence-electron chi connectivity index (χ1n) is 13.5. The highest BCUT2D eigenvalue weighted by atomic mass is 35.5. The minimum absolute atomic E-state index is 0.122. The van der Waals surface area contributed by atoms with Crippen LogP contribution in [0.3, 0.4) is 0 Å². The van der Waals surface area contributed by atoms with Gasteiger partial charge in [-0.25, -0.2) is 0 Å². The van der Waals surface area contributed by atoms with Crippen LogP contribution < -0.4 is 14.2 Å². The van der Waals surface area contributed by atoms with Crippen LogP contribution in [0, 0.1) is 0 Å². The fraction of sp³-hybridized carbons (Fsp3) is 0.312. The van der Waals surface area contributed by atoms with Crippen LogP contribution in [0.1, 0.15) is 56.2 Å². The molecular formula is C32H34ClNO4S2. The predicted octanol–water partition coefficient (Wildman–Crippen LogP) is 8.50. The summed E-state index contributed by atoms with van der Waals surface area (Å²) in [6.07, 6.45) is 3.59. The first-order chi connectivity index (χ1) is 19.4. The summed E-state index contributed by atoms with van der Waals surface area (Å²) in [6.45, 7) is 8.14. The fourth-order valence-corrected chi connectivity index (χ4v) is 5.71. The van der Waals surface area contributed by atoms with Gasteiger partial charge in [-0.15, -0.1) is 0 Å².